The van der Waals surface area contributed by atoms with Crippen molar-refractivity contribution in [2.24, 2.45) is 5.92 Å². The summed E-state index contributed by atoms with van der Waals surface area (Å²) >= 11 is 0. The van der Waals surface area contributed by atoms with Crippen molar-refractivity contribution in [3.8, 4) is 5.75 Å². The van der Waals surface area contributed by atoms with Gasteiger partial charge in [0.05, 0.1) is 4.90 Å². The van der Waals surface area contributed by atoms with E-state index >= 15 is 0 Å². The average Bonchev–Trinajstić information content (AvgIpc) is 2.85. The van der Waals surface area contributed by atoms with Crippen molar-refractivity contribution in [1.82, 2.24) is 4.72 Å². The molecule has 0 aliphatic carbocycles. The standard InChI is InChI=1S/C29H29NO6S/c1-18(2)27(30-37(33,34)23-13-10-19(3)11-14-23)29(32)35-22-12-15-24-20(4)25(28(31)36-26(24)17-22)16-21-8-6-5-7-9-21/h5-15,17-18,27,30H,16H2,1-4H3/t27-/m1/s1. The predicted molar refractivity (Wildman–Crippen MR) is 142 cm³/mol. The van der Waals surface area contributed by atoms with E-state index in [2.05, 4.69) is 4.72 Å². The minimum atomic E-state index is -3.95. The molecular weight excluding hydrogens is 490 g/mol. The normalized spacial score (nSPS) is 12.6. The third-order valence-electron chi connectivity index (χ3n) is 6.23. The lowest BCUT2D eigenvalue weighted by atomic mass is 10.00. The summed E-state index contributed by atoms with van der Waals surface area (Å²) in [5.74, 6) is -0.991. The van der Waals surface area contributed by atoms with Gasteiger partial charge in [-0.2, -0.15) is 4.72 Å². The van der Waals surface area contributed by atoms with Gasteiger partial charge in [-0.05, 0) is 55.2 Å². The van der Waals surface area contributed by atoms with E-state index in [9.17, 15) is 18.0 Å². The lowest BCUT2D eigenvalue weighted by molar-refractivity contribution is -0.137. The smallest absolute Gasteiger partial charge is 0.340 e. The van der Waals surface area contributed by atoms with Crippen LogP contribution < -0.4 is 15.1 Å². The fourth-order valence-corrected chi connectivity index (χ4v) is 5.36. The van der Waals surface area contributed by atoms with Gasteiger partial charge in [-0.15, -0.1) is 0 Å². The molecule has 1 aromatic heterocycles. The molecule has 0 amide bonds. The molecule has 1 N–H and O–H groups in total. The molecule has 3 aromatic carbocycles. The van der Waals surface area contributed by atoms with Crippen LogP contribution in [0.25, 0.3) is 11.0 Å². The molecule has 4 rings (SSSR count). The summed E-state index contributed by atoms with van der Waals surface area (Å²) in [7, 11) is -3.95. The number of esters is 1. The summed E-state index contributed by atoms with van der Waals surface area (Å²) in [5.41, 5.74) is 3.10. The third kappa shape index (κ3) is 5.98. The highest BCUT2D eigenvalue weighted by molar-refractivity contribution is 7.89. The molecular formula is C29H29NO6S. The molecule has 0 bridgehead atoms. The van der Waals surface area contributed by atoms with E-state index in [1.807, 2.05) is 44.2 Å². The van der Waals surface area contributed by atoms with Gasteiger partial charge in [0, 0.05) is 23.4 Å². The molecule has 0 unspecified atom stereocenters. The minimum Gasteiger partial charge on any atom is -0.425 e. The first kappa shape index (κ1) is 26.3. The van der Waals surface area contributed by atoms with E-state index < -0.39 is 27.7 Å². The number of ether oxygens (including phenoxy) is 1. The van der Waals surface area contributed by atoms with Crippen LogP contribution in [0.3, 0.4) is 0 Å². The first-order valence-corrected chi connectivity index (χ1v) is 13.4. The molecule has 1 heterocycles. The van der Waals surface area contributed by atoms with Crippen LogP contribution >= 0.6 is 0 Å². The summed E-state index contributed by atoms with van der Waals surface area (Å²) in [5, 5.41) is 0.728. The summed E-state index contributed by atoms with van der Waals surface area (Å²) in [6.45, 7) is 7.16. The van der Waals surface area contributed by atoms with Crippen molar-refractivity contribution < 1.29 is 22.4 Å². The van der Waals surface area contributed by atoms with E-state index in [-0.39, 0.29) is 22.1 Å². The number of benzene rings is 3. The molecule has 192 valence electrons. The number of fused-ring (bicyclic) bond motifs is 1. The second-order valence-corrected chi connectivity index (χ2v) is 11.1. The van der Waals surface area contributed by atoms with Crippen LogP contribution in [0.15, 0.2) is 86.9 Å². The molecule has 0 aliphatic heterocycles. The molecule has 8 heteroatoms. The second kappa shape index (κ2) is 10.7. The minimum absolute atomic E-state index is 0.0609. The van der Waals surface area contributed by atoms with E-state index in [0.717, 1.165) is 22.1 Å². The Hall–Kier alpha value is -3.75. The highest BCUT2D eigenvalue weighted by atomic mass is 32.2. The van der Waals surface area contributed by atoms with Gasteiger partial charge in [0.15, 0.2) is 0 Å². The predicted octanol–water partition coefficient (Wildman–Crippen LogP) is 4.91. The van der Waals surface area contributed by atoms with Gasteiger partial charge in [-0.25, -0.2) is 18.0 Å². The third-order valence-corrected chi connectivity index (χ3v) is 7.69. The van der Waals surface area contributed by atoms with Gasteiger partial charge in [0.2, 0.25) is 10.0 Å². The van der Waals surface area contributed by atoms with E-state index in [1.54, 1.807) is 38.1 Å². The zero-order chi connectivity index (χ0) is 26.7. The Kier molecular flexibility index (Phi) is 7.61. The van der Waals surface area contributed by atoms with E-state index in [4.69, 9.17) is 9.15 Å². The number of aryl methyl sites for hydroxylation is 2. The van der Waals surface area contributed by atoms with E-state index in [1.165, 1.54) is 18.2 Å². The number of hydrogen-bond acceptors (Lipinski definition) is 6. The molecule has 0 fully saturated rings. The zero-order valence-corrected chi connectivity index (χ0v) is 22.0. The number of carbonyl (C=O) groups excluding carboxylic acids is 1. The van der Waals surface area contributed by atoms with Crippen molar-refractivity contribution >= 4 is 27.0 Å². The molecule has 0 saturated heterocycles. The lowest BCUT2D eigenvalue weighted by Crippen LogP contribution is -2.46. The van der Waals surface area contributed by atoms with Crippen LogP contribution in [0.5, 0.6) is 5.75 Å². The van der Waals surface area contributed by atoms with Crippen LogP contribution in [0.2, 0.25) is 0 Å². The van der Waals surface area contributed by atoms with Gasteiger partial charge in [0.1, 0.15) is 17.4 Å². The van der Waals surface area contributed by atoms with Crippen molar-refractivity contribution in [2.45, 2.75) is 45.1 Å². The van der Waals surface area contributed by atoms with Crippen LogP contribution in [0.4, 0.5) is 0 Å². The van der Waals surface area contributed by atoms with Crippen LogP contribution in [-0.4, -0.2) is 20.4 Å². The SMILES string of the molecule is Cc1ccc(S(=O)(=O)N[C@@H](C(=O)Oc2ccc3c(C)c(Cc4ccccc4)c(=O)oc3c2)C(C)C)cc1. The largest absolute Gasteiger partial charge is 0.425 e. The van der Waals surface area contributed by atoms with Gasteiger partial charge >= 0.3 is 11.6 Å². The number of carbonyl (C=O) groups is 1. The number of sulfonamides is 1. The van der Waals surface area contributed by atoms with Crippen molar-refractivity contribution in [1.29, 1.82) is 0 Å². The quantitative estimate of drug-likeness (QED) is 0.202. The van der Waals surface area contributed by atoms with Crippen molar-refractivity contribution in [3.05, 3.63) is 105 Å². The summed E-state index contributed by atoms with van der Waals surface area (Å²) in [6, 6.07) is 19.7. The van der Waals surface area contributed by atoms with Crippen LogP contribution in [0, 0.1) is 19.8 Å². The van der Waals surface area contributed by atoms with Crippen LogP contribution in [-0.2, 0) is 21.2 Å². The molecule has 0 radical (unpaired) electrons. The lowest BCUT2D eigenvalue weighted by Gasteiger charge is -2.21. The highest BCUT2D eigenvalue weighted by Gasteiger charge is 2.30. The molecule has 37 heavy (non-hydrogen) atoms. The Morgan fingerprint density at radius 1 is 0.973 bits per heavy atom. The average molecular weight is 520 g/mol. The van der Waals surface area contributed by atoms with Crippen molar-refractivity contribution in [2.75, 3.05) is 0 Å². The number of hydrogen-bond donors (Lipinski definition) is 1. The molecule has 0 aliphatic rings. The summed E-state index contributed by atoms with van der Waals surface area (Å²) in [6.07, 6.45) is 0.443. The summed E-state index contributed by atoms with van der Waals surface area (Å²) in [4.78, 5) is 25.8. The fourth-order valence-electron chi connectivity index (χ4n) is 4.03. The Morgan fingerprint density at radius 2 is 1.65 bits per heavy atom. The maximum Gasteiger partial charge on any atom is 0.340 e. The van der Waals surface area contributed by atoms with Gasteiger partial charge < -0.3 is 9.15 Å². The molecule has 0 saturated carbocycles. The first-order valence-electron chi connectivity index (χ1n) is 12.0. The number of rotatable bonds is 8. The first-order chi connectivity index (χ1) is 17.5. The topological polar surface area (TPSA) is 103 Å². The molecule has 0 spiro atoms. The fraction of sp³-hybridized carbons (Fsp3) is 0.241. The van der Waals surface area contributed by atoms with Crippen LogP contribution in [0.1, 0.15) is 36.1 Å². The Bertz CT molecular complexity index is 1590. The Balaban J connectivity index is 1.57. The molecule has 4 aromatic rings. The molecule has 7 nitrogen and oxygen atoms in total. The highest BCUT2D eigenvalue weighted by Crippen LogP contribution is 2.26. The maximum absolute atomic E-state index is 13.0. The van der Waals surface area contributed by atoms with E-state index in [0.29, 0.717) is 12.0 Å². The maximum atomic E-state index is 13.0. The second-order valence-electron chi connectivity index (χ2n) is 9.39. The monoisotopic (exact) mass is 519 g/mol. The van der Waals surface area contributed by atoms with Gasteiger partial charge in [-0.3, -0.25) is 0 Å². The summed E-state index contributed by atoms with van der Waals surface area (Å²) < 4.78 is 39.3. The van der Waals surface area contributed by atoms with Crippen molar-refractivity contribution in [3.63, 3.8) is 0 Å². The Morgan fingerprint density at radius 3 is 2.30 bits per heavy atom. The molecule has 1 atom stereocenters. The Labute approximate surface area is 216 Å². The zero-order valence-electron chi connectivity index (χ0n) is 21.1. The van der Waals surface area contributed by atoms with Gasteiger partial charge in [0.25, 0.3) is 0 Å². The number of nitrogens with one attached hydrogen (secondary N) is 1. The van der Waals surface area contributed by atoms with Gasteiger partial charge in [-0.1, -0.05) is 61.9 Å².